The Morgan fingerprint density at radius 2 is 2.00 bits per heavy atom. The molecule has 0 aliphatic carbocycles. The van der Waals surface area contributed by atoms with Gasteiger partial charge in [0, 0.05) is 18.0 Å². The van der Waals surface area contributed by atoms with Gasteiger partial charge >= 0.3 is 6.03 Å². The molecule has 1 aromatic rings. The fraction of sp³-hybridized carbons (Fsp3) is 0.273. The van der Waals surface area contributed by atoms with Gasteiger partial charge in [0.1, 0.15) is 0 Å². The van der Waals surface area contributed by atoms with E-state index in [1.807, 2.05) is 0 Å². The lowest BCUT2D eigenvalue weighted by molar-refractivity contribution is -0.117. The Kier molecular flexibility index (Phi) is 3.54. The minimum absolute atomic E-state index is 0.274. The molecule has 17 heavy (non-hydrogen) atoms. The van der Waals surface area contributed by atoms with Gasteiger partial charge in [-0.2, -0.15) is 0 Å². The van der Waals surface area contributed by atoms with Crippen molar-refractivity contribution in [2.45, 2.75) is 12.8 Å². The van der Waals surface area contributed by atoms with Crippen LogP contribution in [0.5, 0.6) is 0 Å². The van der Waals surface area contributed by atoms with Crippen LogP contribution in [0.3, 0.4) is 0 Å². The van der Waals surface area contributed by atoms with Crippen LogP contribution in [0.2, 0.25) is 10.0 Å². The summed E-state index contributed by atoms with van der Waals surface area (Å²) in [5, 5.41) is 3.38. The largest absolute Gasteiger partial charge is 0.337 e. The summed E-state index contributed by atoms with van der Waals surface area (Å²) in [6, 6.07) is 4.21. The van der Waals surface area contributed by atoms with Gasteiger partial charge in [0.2, 0.25) is 5.91 Å². The second kappa shape index (κ2) is 4.94. The second-order valence-electron chi connectivity index (χ2n) is 3.66. The van der Waals surface area contributed by atoms with Gasteiger partial charge in [-0.15, -0.1) is 0 Å². The first-order valence-electron chi connectivity index (χ1n) is 5.15. The van der Waals surface area contributed by atoms with E-state index in [4.69, 9.17) is 23.2 Å². The Morgan fingerprint density at radius 3 is 2.76 bits per heavy atom. The number of urea groups is 1. The van der Waals surface area contributed by atoms with Crippen molar-refractivity contribution in [3.8, 4) is 0 Å². The second-order valence-corrected chi connectivity index (χ2v) is 4.50. The van der Waals surface area contributed by atoms with Gasteiger partial charge in [-0.1, -0.05) is 23.2 Å². The van der Waals surface area contributed by atoms with Crippen molar-refractivity contribution < 1.29 is 9.59 Å². The summed E-state index contributed by atoms with van der Waals surface area (Å²) < 4.78 is 0. The molecule has 0 aromatic heterocycles. The monoisotopic (exact) mass is 272 g/mol. The summed E-state index contributed by atoms with van der Waals surface area (Å²) in [6.45, 7) is 0.485. The SMILES string of the molecule is O=C1CCCNC(=O)N1c1cc(Cl)ccc1Cl. The summed E-state index contributed by atoms with van der Waals surface area (Å²) in [6.07, 6.45) is 0.931. The van der Waals surface area contributed by atoms with E-state index in [9.17, 15) is 9.59 Å². The number of anilines is 1. The lowest BCUT2D eigenvalue weighted by Crippen LogP contribution is -2.41. The highest BCUT2D eigenvalue weighted by atomic mass is 35.5. The third-order valence-electron chi connectivity index (χ3n) is 2.45. The molecule has 4 nitrogen and oxygen atoms in total. The Labute approximate surface area is 108 Å². The Bertz CT molecular complexity index is 459. The zero-order valence-electron chi connectivity index (χ0n) is 8.87. The summed E-state index contributed by atoms with van der Waals surface area (Å²) >= 11 is 11.8. The maximum atomic E-state index is 11.9. The number of nitrogens with one attached hydrogen (secondary N) is 1. The average molecular weight is 273 g/mol. The maximum Gasteiger partial charge on any atom is 0.328 e. The third-order valence-corrected chi connectivity index (χ3v) is 3.00. The van der Waals surface area contributed by atoms with E-state index in [0.29, 0.717) is 35.1 Å². The number of nitrogens with zero attached hydrogens (tertiary/aromatic N) is 1. The number of imide groups is 1. The van der Waals surface area contributed by atoms with Crippen molar-refractivity contribution in [2.75, 3.05) is 11.4 Å². The minimum atomic E-state index is -0.461. The number of rotatable bonds is 1. The highest BCUT2D eigenvalue weighted by Gasteiger charge is 2.27. The zero-order valence-corrected chi connectivity index (χ0v) is 10.4. The smallest absolute Gasteiger partial charge is 0.328 e. The van der Waals surface area contributed by atoms with Crippen LogP contribution in [0.1, 0.15) is 12.8 Å². The van der Waals surface area contributed by atoms with Crippen molar-refractivity contribution in [3.05, 3.63) is 28.2 Å². The molecule has 0 atom stereocenters. The summed E-state index contributed by atoms with van der Waals surface area (Å²) in [4.78, 5) is 24.7. The molecule has 1 fully saturated rings. The van der Waals surface area contributed by atoms with Crippen LogP contribution in [0, 0.1) is 0 Å². The van der Waals surface area contributed by atoms with Gasteiger partial charge in [-0.25, -0.2) is 9.69 Å². The van der Waals surface area contributed by atoms with Gasteiger partial charge in [0.15, 0.2) is 0 Å². The maximum absolute atomic E-state index is 11.9. The van der Waals surface area contributed by atoms with E-state index in [1.165, 1.54) is 6.07 Å². The molecule has 1 heterocycles. The van der Waals surface area contributed by atoms with Crippen LogP contribution in [0.15, 0.2) is 18.2 Å². The first kappa shape index (κ1) is 12.2. The molecular formula is C11H10Cl2N2O2. The molecule has 0 radical (unpaired) electrons. The van der Waals surface area contributed by atoms with E-state index in [1.54, 1.807) is 12.1 Å². The lowest BCUT2D eigenvalue weighted by Gasteiger charge is -2.19. The standard InChI is InChI=1S/C11H10Cl2N2O2/c12-7-3-4-8(13)9(6-7)15-10(16)2-1-5-14-11(15)17/h3-4,6H,1-2,5H2,(H,14,17). The van der Waals surface area contributed by atoms with Gasteiger partial charge in [0.25, 0.3) is 0 Å². The molecule has 0 unspecified atom stereocenters. The molecule has 90 valence electrons. The Morgan fingerprint density at radius 1 is 1.24 bits per heavy atom. The molecule has 0 saturated carbocycles. The third kappa shape index (κ3) is 2.53. The van der Waals surface area contributed by atoms with Crippen molar-refractivity contribution in [2.24, 2.45) is 0 Å². The van der Waals surface area contributed by atoms with E-state index in [-0.39, 0.29) is 5.91 Å². The first-order valence-corrected chi connectivity index (χ1v) is 5.91. The molecule has 2 rings (SSSR count). The molecule has 6 heteroatoms. The summed E-state index contributed by atoms with van der Waals surface area (Å²) in [5.41, 5.74) is 0.323. The number of benzene rings is 1. The van der Waals surface area contributed by atoms with Gasteiger partial charge in [-0.05, 0) is 24.6 Å². The number of hydrogen-bond donors (Lipinski definition) is 1. The van der Waals surface area contributed by atoms with Gasteiger partial charge < -0.3 is 5.32 Å². The molecule has 1 aromatic carbocycles. The van der Waals surface area contributed by atoms with Crippen molar-refractivity contribution in [1.29, 1.82) is 0 Å². The normalized spacial score (nSPS) is 16.7. The minimum Gasteiger partial charge on any atom is -0.337 e. The molecule has 3 amide bonds. The van der Waals surface area contributed by atoms with E-state index in [2.05, 4.69) is 5.32 Å². The average Bonchev–Trinajstić information content (AvgIpc) is 2.44. The van der Waals surface area contributed by atoms with E-state index < -0.39 is 6.03 Å². The van der Waals surface area contributed by atoms with Crippen molar-refractivity contribution in [3.63, 3.8) is 0 Å². The van der Waals surface area contributed by atoms with Crippen molar-refractivity contribution in [1.82, 2.24) is 5.32 Å². The topological polar surface area (TPSA) is 49.4 Å². The number of carbonyl (C=O) groups excluding carboxylic acids is 2. The number of carbonyl (C=O) groups is 2. The number of amides is 3. The van der Waals surface area contributed by atoms with Crippen LogP contribution >= 0.6 is 23.2 Å². The molecule has 1 aliphatic heterocycles. The lowest BCUT2D eigenvalue weighted by atomic mass is 10.2. The predicted molar refractivity (Wildman–Crippen MR) is 66.6 cm³/mol. The van der Waals surface area contributed by atoms with Gasteiger partial charge in [0.05, 0.1) is 10.7 Å². The van der Waals surface area contributed by atoms with Crippen molar-refractivity contribution >= 4 is 40.8 Å². The highest BCUT2D eigenvalue weighted by Crippen LogP contribution is 2.30. The number of hydrogen-bond acceptors (Lipinski definition) is 2. The van der Waals surface area contributed by atoms with Gasteiger partial charge in [-0.3, -0.25) is 4.79 Å². The van der Waals surface area contributed by atoms with E-state index >= 15 is 0 Å². The molecule has 0 spiro atoms. The molecule has 1 N–H and O–H groups in total. The van der Waals surface area contributed by atoms with E-state index in [0.717, 1.165) is 4.90 Å². The zero-order chi connectivity index (χ0) is 12.4. The summed E-state index contributed by atoms with van der Waals surface area (Å²) in [7, 11) is 0. The molecule has 1 aliphatic rings. The van der Waals surface area contributed by atoms with Crippen LogP contribution in [0.25, 0.3) is 0 Å². The Hall–Kier alpha value is -1.26. The first-order chi connectivity index (χ1) is 8.09. The van der Waals surface area contributed by atoms with Crippen LogP contribution < -0.4 is 10.2 Å². The van der Waals surface area contributed by atoms with Crippen LogP contribution in [-0.2, 0) is 4.79 Å². The summed E-state index contributed by atoms with van der Waals surface area (Å²) in [5.74, 6) is -0.274. The quantitative estimate of drug-likeness (QED) is 0.855. The van der Waals surface area contributed by atoms with Crippen LogP contribution in [0.4, 0.5) is 10.5 Å². The molecule has 0 bridgehead atoms. The Balaban J connectivity index is 2.45. The molecule has 1 saturated heterocycles. The highest BCUT2D eigenvalue weighted by molar-refractivity contribution is 6.37. The number of halogens is 2. The fourth-order valence-electron chi connectivity index (χ4n) is 1.64. The molecular weight excluding hydrogens is 263 g/mol. The fourth-order valence-corrected chi connectivity index (χ4v) is 2.01. The predicted octanol–water partition coefficient (Wildman–Crippen LogP) is 2.83. The van der Waals surface area contributed by atoms with Crippen LogP contribution in [-0.4, -0.2) is 18.5 Å².